The lowest BCUT2D eigenvalue weighted by Gasteiger charge is -2.05. The van der Waals surface area contributed by atoms with Gasteiger partial charge < -0.3 is 5.73 Å². The quantitative estimate of drug-likeness (QED) is 0.678. The molecule has 1 heterocycles. The van der Waals surface area contributed by atoms with Gasteiger partial charge in [-0.2, -0.15) is 0 Å². The Kier molecular flexibility index (Phi) is 2.03. The maximum Gasteiger partial charge on any atom is 0.266 e. The summed E-state index contributed by atoms with van der Waals surface area (Å²) >= 11 is 0. The Hall–Kier alpha value is -1.19. The van der Waals surface area contributed by atoms with Gasteiger partial charge in [-0.05, 0) is 12.5 Å². The van der Waals surface area contributed by atoms with E-state index in [-0.39, 0.29) is 11.3 Å². The van der Waals surface area contributed by atoms with E-state index < -0.39 is 6.43 Å². The molecule has 0 amide bonds. The Morgan fingerprint density at radius 1 is 1.45 bits per heavy atom. The molecule has 2 N–H and O–H groups in total. The van der Waals surface area contributed by atoms with Crippen molar-refractivity contribution in [2.75, 3.05) is 5.73 Å². The minimum absolute atomic E-state index is 0.0556. The molecule has 2 nitrogen and oxygen atoms in total. The van der Waals surface area contributed by atoms with Gasteiger partial charge in [0, 0.05) is 11.8 Å². The molecule has 0 aromatic carbocycles. The number of halogens is 2. The second-order valence-corrected chi connectivity index (χ2v) is 2.26. The van der Waals surface area contributed by atoms with Crippen molar-refractivity contribution in [1.29, 1.82) is 0 Å². The molecule has 0 saturated carbocycles. The first-order chi connectivity index (χ1) is 5.13. The average molecular weight is 158 g/mol. The standard InChI is InChI=1S/C7H8F2N2/c1-4-2-11-3-5(10)6(4)7(8)9/h2-3,7H,10H2,1H3. The molecule has 4 heteroatoms. The van der Waals surface area contributed by atoms with Gasteiger partial charge in [-0.25, -0.2) is 8.78 Å². The number of nitrogens with two attached hydrogens (primary N) is 1. The average Bonchev–Trinajstić information content (AvgIpc) is 1.85. The number of aromatic nitrogens is 1. The molecule has 60 valence electrons. The van der Waals surface area contributed by atoms with Crippen molar-refractivity contribution in [2.24, 2.45) is 0 Å². The maximum absolute atomic E-state index is 12.2. The Morgan fingerprint density at radius 2 is 2.09 bits per heavy atom. The molecule has 0 unspecified atom stereocenters. The van der Waals surface area contributed by atoms with E-state index in [2.05, 4.69) is 4.98 Å². The summed E-state index contributed by atoms with van der Waals surface area (Å²) in [6.07, 6.45) is 0.0878. The molecule has 0 aliphatic carbocycles. The first kappa shape index (κ1) is 7.91. The number of pyridine rings is 1. The molecule has 1 rings (SSSR count). The van der Waals surface area contributed by atoms with Crippen LogP contribution in [0.25, 0.3) is 0 Å². The fourth-order valence-corrected chi connectivity index (χ4v) is 0.894. The minimum atomic E-state index is -2.52. The van der Waals surface area contributed by atoms with Gasteiger partial charge in [0.1, 0.15) is 0 Å². The molecule has 1 aromatic heterocycles. The molecule has 0 saturated heterocycles. The number of hydrogen-bond acceptors (Lipinski definition) is 2. The summed E-state index contributed by atoms with van der Waals surface area (Å²) in [5.41, 5.74) is 5.65. The summed E-state index contributed by atoms with van der Waals surface area (Å²) in [6, 6.07) is 0. The van der Waals surface area contributed by atoms with Gasteiger partial charge in [-0.1, -0.05) is 0 Å². The lowest BCUT2D eigenvalue weighted by Crippen LogP contribution is -1.98. The van der Waals surface area contributed by atoms with Crippen LogP contribution in [0.2, 0.25) is 0 Å². The predicted molar refractivity (Wildman–Crippen MR) is 38.3 cm³/mol. The molecule has 0 radical (unpaired) electrons. The van der Waals surface area contributed by atoms with Crippen LogP contribution in [0.1, 0.15) is 17.6 Å². The zero-order valence-electron chi connectivity index (χ0n) is 6.01. The van der Waals surface area contributed by atoms with Crippen molar-refractivity contribution in [3.8, 4) is 0 Å². The number of nitrogen functional groups attached to an aromatic ring is 1. The van der Waals surface area contributed by atoms with Crippen LogP contribution in [-0.2, 0) is 0 Å². The van der Waals surface area contributed by atoms with Crippen molar-refractivity contribution in [1.82, 2.24) is 4.98 Å². The molecule has 0 aliphatic heterocycles. The van der Waals surface area contributed by atoms with Crippen LogP contribution < -0.4 is 5.73 Å². The molecule has 0 aliphatic rings. The molecule has 0 fully saturated rings. The van der Waals surface area contributed by atoms with Crippen LogP contribution in [0.4, 0.5) is 14.5 Å². The zero-order valence-corrected chi connectivity index (χ0v) is 6.01. The Balaban J connectivity index is 3.21. The molecular formula is C7H8F2N2. The summed E-state index contributed by atoms with van der Waals surface area (Å²) in [5, 5.41) is 0. The highest BCUT2D eigenvalue weighted by Gasteiger charge is 2.13. The van der Waals surface area contributed by atoms with E-state index >= 15 is 0 Å². The SMILES string of the molecule is Cc1cncc(N)c1C(F)F. The highest BCUT2D eigenvalue weighted by Crippen LogP contribution is 2.26. The molecule has 0 bridgehead atoms. The van der Waals surface area contributed by atoms with Gasteiger partial charge in [0.25, 0.3) is 6.43 Å². The van der Waals surface area contributed by atoms with Crippen LogP contribution >= 0.6 is 0 Å². The van der Waals surface area contributed by atoms with E-state index in [1.54, 1.807) is 6.92 Å². The van der Waals surface area contributed by atoms with E-state index in [0.717, 1.165) is 0 Å². The lowest BCUT2D eigenvalue weighted by molar-refractivity contribution is 0.151. The minimum Gasteiger partial charge on any atom is -0.397 e. The van der Waals surface area contributed by atoms with Crippen molar-refractivity contribution in [3.05, 3.63) is 23.5 Å². The summed E-state index contributed by atoms with van der Waals surface area (Å²) < 4.78 is 24.4. The second kappa shape index (κ2) is 2.82. The van der Waals surface area contributed by atoms with Gasteiger partial charge in [0.15, 0.2) is 0 Å². The number of alkyl halides is 2. The lowest BCUT2D eigenvalue weighted by atomic mass is 10.1. The van der Waals surface area contributed by atoms with Crippen LogP contribution in [0, 0.1) is 6.92 Å². The zero-order chi connectivity index (χ0) is 8.43. The third-order valence-electron chi connectivity index (χ3n) is 1.44. The fraction of sp³-hybridized carbons (Fsp3) is 0.286. The van der Waals surface area contributed by atoms with E-state index in [1.807, 2.05) is 0 Å². The second-order valence-electron chi connectivity index (χ2n) is 2.26. The summed E-state index contributed by atoms with van der Waals surface area (Å²) in [5.74, 6) is 0. The van der Waals surface area contributed by atoms with Crippen molar-refractivity contribution in [2.45, 2.75) is 13.3 Å². The Bertz CT molecular complexity index is 240. The number of rotatable bonds is 1. The van der Waals surface area contributed by atoms with Crippen molar-refractivity contribution in [3.63, 3.8) is 0 Å². The molecule has 0 atom stereocenters. The number of anilines is 1. The molecule has 1 aromatic rings. The molecule has 0 spiro atoms. The summed E-state index contributed by atoms with van der Waals surface area (Å²) in [4.78, 5) is 3.67. The van der Waals surface area contributed by atoms with E-state index in [4.69, 9.17) is 5.73 Å². The van der Waals surface area contributed by atoms with Crippen LogP contribution in [-0.4, -0.2) is 4.98 Å². The normalized spacial score (nSPS) is 10.5. The highest BCUT2D eigenvalue weighted by atomic mass is 19.3. The third kappa shape index (κ3) is 1.45. The third-order valence-corrected chi connectivity index (χ3v) is 1.44. The van der Waals surface area contributed by atoms with E-state index in [0.29, 0.717) is 5.56 Å². The molecule has 11 heavy (non-hydrogen) atoms. The first-order valence-corrected chi connectivity index (χ1v) is 3.11. The summed E-state index contributed by atoms with van der Waals surface area (Å²) in [6.45, 7) is 1.56. The number of aryl methyl sites for hydroxylation is 1. The Labute approximate surface area is 63.1 Å². The van der Waals surface area contributed by atoms with Crippen LogP contribution in [0.5, 0.6) is 0 Å². The van der Waals surface area contributed by atoms with Gasteiger partial charge in [0.2, 0.25) is 0 Å². The fourth-order valence-electron chi connectivity index (χ4n) is 0.894. The van der Waals surface area contributed by atoms with Gasteiger partial charge in [-0.15, -0.1) is 0 Å². The first-order valence-electron chi connectivity index (χ1n) is 3.11. The van der Waals surface area contributed by atoms with Gasteiger partial charge in [-0.3, -0.25) is 4.98 Å². The van der Waals surface area contributed by atoms with E-state index in [9.17, 15) is 8.78 Å². The van der Waals surface area contributed by atoms with Crippen molar-refractivity contribution >= 4 is 5.69 Å². The number of nitrogens with zero attached hydrogens (tertiary/aromatic N) is 1. The van der Waals surface area contributed by atoms with Crippen LogP contribution in [0.3, 0.4) is 0 Å². The van der Waals surface area contributed by atoms with Gasteiger partial charge in [0.05, 0.1) is 11.9 Å². The van der Waals surface area contributed by atoms with E-state index in [1.165, 1.54) is 12.4 Å². The number of hydrogen-bond donors (Lipinski definition) is 1. The largest absolute Gasteiger partial charge is 0.397 e. The monoisotopic (exact) mass is 158 g/mol. The predicted octanol–water partition coefficient (Wildman–Crippen LogP) is 1.91. The molecular weight excluding hydrogens is 150 g/mol. The Morgan fingerprint density at radius 3 is 2.45 bits per heavy atom. The maximum atomic E-state index is 12.2. The smallest absolute Gasteiger partial charge is 0.266 e. The highest BCUT2D eigenvalue weighted by molar-refractivity contribution is 5.48. The summed E-state index contributed by atoms with van der Waals surface area (Å²) in [7, 11) is 0. The topological polar surface area (TPSA) is 38.9 Å². The van der Waals surface area contributed by atoms with Crippen molar-refractivity contribution < 1.29 is 8.78 Å². The van der Waals surface area contributed by atoms with Gasteiger partial charge >= 0.3 is 0 Å². The van der Waals surface area contributed by atoms with Crippen LogP contribution in [0.15, 0.2) is 12.4 Å².